The van der Waals surface area contributed by atoms with E-state index in [4.69, 9.17) is 27.7 Å². The summed E-state index contributed by atoms with van der Waals surface area (Å²) in [5.41, 5.74) is 3.28. The van der Waals surface area contributed by atoms with Gasteiger partial charge >= 0.3 is 12.1 Å². The summed E-state index contributed by atoms with van der Waals surface area (Å²) in [4.78, 5) is 32.4. The van der Waals surface area contributed by atoms with Gasteiger partial charge in [0.15, 0.2) is 0 Å². The molecule has 11 heteroatoms. The van der Waals surface area contributed by atoms with Gasteiger partial charge in [0, 0.05) is 17.4 Å². The molecule has 1 aliphatic carbocycles. The van der Waals surface area contributed by atoms with Gasteiger partial charge in [-0.05, 0) is 54.8 Å². The zero-order valence-electron chi connectivity index (χ0n) is 16.2. The van der Waals surface area contributed by atoms with Crippen molar-refractivity contribution in [3.8, 4) is 6.07 Å². The maximum absolute atomic E-state index is 13.7. The quantitative estimate of drug-likeness (QED) is 0.500. The van der Waals surface area contributed by atoms with Crippen molar-refractivity contribution >= 4 is 29.3 Å². The molecule has 1 saturated carbocycles. The molecule has 0 spiro atoms. The summed E-state index contributed by atoms with van der Waals surface area (Å²) >= 11 is 5.64. The third-order valence-corrected chi connectivity index (χ3v) is 5.14. The first-order valence-corrected chi connectivity index (χ1v) is 9.31. The maximum Gasteiger partial charge on any atom is 0.416 e. The third-order valence-electron chi connectivity index (χ3n) is 4.83. The van der Waals surface area contributed by atoms with Crippen molar-refractivity contribution < 1.29 is 37.1 Å². The molecular weight excluding hydrogens is 456 g/mol. The van der Waals surface area contributed by atoms with E-state index in [9.17, 15) is 31.9 Å². The van der Waals surface area contributed by atoms with E-state index in [-0.39, 0.29) is 10.6 Å². The first-order valence-electron chi connectivity index (χ1n) is 8.93. The molecule has 168 valence electrons. The monoisotopic (exact) mass is 470 g/mol. The Balaban J connectivity index is 0.000000258. The van der Waals surface area contributed by atoms with Gasteiger partial charge in [-0.15, -0.1) is 0 Å². The van der Waals surface area contributed by atoms with Gasteiger partial charge in [-0.1, -0.05) is 11.6 Å². The summed E-state index contributed by atoms with van der Waals surface area (Å²) in [6.45, 7) is 0. The zero-order chi connectivity index (χ0) is 24.3. The van der Waals surface area contributed by atoms with E-state index in [1.165, 1.54) is 18.2 Å². The minimum absolute atomic E-state index is 0.234. The van der Waals surface area contributed by atoms with E-state index in [1.807, 2.05) is 6.07 Å². The number of halogens is 5. The molecule has 1 amide bonds. The van der Waals surface area contributed by atoms with E-state index >= 15 is 0 Å². The molecule has 0 atom stereocenters. The van der Waals surface area contributed by atoms with Crippen LogP contribution in [0.3, 0.4) is 0 Å². The summed E-state index contributed by atoms with van der Waals surface area (Å²) in [5.74, 6) is -4.20. The lowest BCUT2D eigenvalue weighted by molar-refractivity contribution is -0.149. The second kappa shape index (κ2) is 9.36. The number of carboxylic acid groups (broad SMARTS) is 1. The van der Waals surface area contributed by atoms with Crippen LogP contribution in [0.25, 0.3) is 0 Å². The van der Waals surface area contributed by atoms with Crippen LogP contribution in [0.1, 0.15) is 46.3 Å². The first kappa shape index (κ1) is 24.8. The first-order chi connectivity index (χ1) is 14.8. The molecule has 0 bridgehead atoms. The summed E-state index contributed by atoms with van der Waals surface area (Å²) in [5, 5.41) is 17.3. The number of primary amides is 1. The molecule has 32 heavy (non-hydrogen) atoms. The van der Waals surface area contributed by atoms with Gasteiger partial charge in [-0.25, -0.2) is 9.18 Å². The van der Waals surface area contributed by atoms with Crippen molar-refractivity contribution in [3.63, 3.8) is 0 Å². The Morgan fingerprint density at radius 1 is 1.16 bits per heavy atom. The van der Waals surface area contributed by atoms with Gasteiger partial charge in [0.25, 0.3) is 0 Å². The molecule has 0 saturated heterocycles. The second-order valence-corrected chi connectivity index (χ2v) is 7.46. The molecular formula is C21H15ClF4N2O4. The lowest BCUT2D eigenvalue weighted by atomic mass is 9.89. The Morgan fingerprint density at radius 2 is 1.78 bits per heavy atom. The van der Waals surface area contributed by atoms with Gasteiger partial charge in [-0.2, -0.15) is 18.4 Å². The number of nitrogens with two attached hydrogens (primary N) is 1. The zero-order valence-corrected chi connectivity index (χ0v) is 16.9. The standard InChI is InChI=1S/C13H10F4O3.C8H5ClN2O/c14-9-2-1-7(13(15,16)17)5-8(9)12(3-4-12)6-10(18)11(19)20;9-7-3-5(8(11)12)1-2-6(7)4-10/h1-2,5H,3-4,6H2,(H,19,20);1-3H,(H2,11,12). The number of benzene rings is 2. The number of hydrogen-bond donors (Lipinski definition) is 2. The highest BCUT2D eigenvalue weighted by Gasteiger charge is 2.49. The number of amides is 1. The predicted octanol–water partition coefficient (Wildman–Crippen LogP) is 4.23. The lowest BCUT2D eigenvalue weighted by Crippen LogP contribution is -2.22. The Hall–Kier alpha value is -3.45. The smallest absolute Gasteiger partial charge is 0.416 e. The molecule has 6 nitrogen and oxygen atoms in total. The second-order valence-electron chi connectivity index (χ2n) is 7.05. The molecule has 0 unspecified atom stereocenters. The highest BCUT2D eigenvalue weighted by atomic mass is 35.5. The number of aliphatic carboxylic acids is 1. The fourth-order valence-corrected chi connectivity index (χ4v) is 3.17. The van der Waals surface area contributed by atoms with Crippen LogP contribution >= 0.6 is 11.6 Å². The number of hydrogen-bond acceptors (Lipinski definition) is 4. The molecule has 2 aromatic rings. The number of rotatable bonds is 5. The number of carbonyl (C=O) groups is 3. The summed E-state index contributed by atoms with van der Waals surface area (Å²) in [6, 6.07) is 8.16. The number of nitrogens with zero attached hydrogens (tertiary/aromatic N) is 1. The lowest BCUT2D eigenvalue weighted by Gasteiger charge is -2.17. The SMILES string of the molecule is N#Cc1ccc(C(N)=O)cc1Cl.O=C(O)C(=O)CC1(c2cc(C(F)(F)F)ccc2F)CC1. The average molecular weight is 471 g/mol. The van der Waals surface area contributed by atoms with Crippen molar-refractivity contribution in [2.24, 2.45) is 5.73 Å². The Labute approximate surface area is 184 Å². The largest absolute Gasteiger partial charge is 0.476 e. The van der Waals surface area contributed by atoms with Gasteiger partial charge < -0.3 is 10.8 Å². The third kappa shape index (κ3) is 5.82. The molecule has 1 fully saturated rings. The normalized spacial score (nSPS) is 13.9. The summed E-state index contributed by atoms with van der Waals surface area (Å²) < 4.78 is 51.6. The fourth-order valence-electron chi connectivity index (χ4n) is 2.94. The molecule has 0 radical (unpaired) electrons. The molecule has 3 N–H and O–H groups in total. The van der Waals surface area contributed by atoms with Crippen LogP contribution in [-0.4, -0.2) is 22.8 Å². The van der Waals surface area contributed by atoms with Crippen molar-refractivity contribution in [2.75, 3.05) is 0 Å². The van der Waals surface area contributed by atoms with Gasteiger partial charge in [0.2, 0.25) is 11.7 Å². The minimum Gasteiger partial charge on any atom is -0.476 e. The molecule has 0 aliphatic heterocycles. The number of alkyl halides is 3. The highest BCUT2D eigenvalue weighted by Crippen LogP contribution is 2.52. The predicted molar refractivity (Wildman–Crippen MR) is 104 cm³/mol. The van der Waals surface area contributed by atoms with Crippen molar-refractivity contribution in [1.29, 1.82) is 5.26 Å². The number of Topliss-reactive ketones (excluding diaryl/α,β-unsaturated/α-hetero) is 1. The van der Waals surface area contributed by atoms with Gasteiger partial charge in [0.1, 0.15) is 11.9 Å². The van der Waals surface area contributed by atoms with Crippen LogP contribution in [0.5, 0.6) is 0 Å². The van der Waals surface area contributed by atoms with Crippen LogP contribution in [0.2, 0.25) is 5.02 Å². The number of carbonyl (C=O) groups excluding carboxylic acids is 2. The maximum atomic E-state index is 13.7. The summed E-state index contributed by atoms with van der Waals surface area (Å²) in [7, 11) is 0. The Bertz CT molecular complexity index is 1120. The van der Waals surface area contributed by atoms with Gasteiger partial charge in [-0.3, -0.25) is 9.59 Å². The van der Waals surface area contributed by atoms with Crippen LogP contribution in [0.15, 0.2) is 36.4 Å². The molecule has 0 heterocycles. The number of nitriles is 1. The Kier molecular flexibility index (Phi) is 7.26. The van der Waals surface area contributed by atoms with E-state index in [2.05, 4.69) is 0 Å². The van der Waals surface area contributed by atoms with Crippen LogP contribution in [0, 0.1) is 17.1 Å². The topological polar surface area (TPSA) is 121 Å². The van der Waals surface area contributed by atoms with E-state index < -0.39 is 47.1 Å². The molecule has 3 rings (SSSR count). The molecule has 0 aromatic heterocycles. The molecule has 2 aromatic carbocycles. The van der Waals surface area contributed by atoms with Crippen LogP contribution < -0.4 is 5.73 Å². The molecule has 1 aliphatic rings. The van der Waals surface area contributed by atoms with Crippen molar-refractivity contribution in [2.45, 2.75) is 30.9 Å². The van der Waals surface area contributed by atoms with Crippen LogP contribution in [-0.2, 0) is 21.2 Å². The van der Waals surface area contributed by atoms with Crippen molar-refractivity contribution in [3.05, 3.63) is 69.5 Å². The van der Waals surface area contributed by atoms with E-state index in [0.717, 1.165) is 0 Å². The van der Waals surface area contributed by atoms with Crippen molar-refractivity contribution in [1.82, 2.24) is 0 Å². The summed E-state index contributed by atoms with van der Waals surface area (Å²) in [6.07, 6.45) is -4.51. The fraction of sp³-hybridized carbons (Fsp3) is 0.238. The minimum atomic E-state index is -4.62. The van der Waals surface area contributed by atoms with Gasteiger partial charge in [0.05, 0.1) is 16.1 Å². The van der Waals surface area contributed by atoms with E-state index in [0.29, 0.717) is 42.2 Å². The van der Waals surface area contributed by atoms with Crippen LogP contribution in [0.4, 0.5) is 17.6 Å². The van der Waals surface area contributed by atoms with E-state index in [1.54, 1.807) is 0 Å². The Morgan fingerprint density at radius 3 is 2.22 bits per heavy atom. The number of ketones is 1. The average Bonchev–Trinajstić information content (AvgIpc) is 3.48. The number of carboxylic acids is 1. The highest BCUT2D eigenvalue weighted by molar-refractivity contribution is 6.33.